The van der Waals surface area contributed by atoms with Gasteiger partial charge < -0.3 is 15.2 Å². The number of primary amides is 1. The van der Waals surface area contributed by atoms with E-state index in [-0.39, 0.29) is 22.1 Å². The molecule has 2 rings (SSSR count). The third kappa shape index (κ3) is 4.36. The maximum Gasteiger partial charge on any atom is 0.339 e. The third-order valence-electron chi connectivity index (χ3n) is 3.40. The fourth-order valence-corrected chi connectivity index (χ4v) is 3.34. The van der Waals surface area contributed by atoms with E-state index in [0.717, 1.165) is 0 Å². The SMILES string of the molecule is CC(=O)Nc1ccc(S(=O)(=O)Oc2c(C)cc(C(N)=O)cc2C)cc1. The van der Waals surface area contributed by atoms with Gasteiger partial charge in [-0.25, -0.2) is 0 Å². The van der Waals surface area contributed by atoms with Gasteiger partial charge in [-0.05, 0) is 61.4 Å². The molecule has 2 aromatic rings. The van der Waals surface area contributed by atoms with E-state index in [4.69, 9.17) is 9.92 Å². The highest BCUT2D eigenvalue weighted by atomic mass is 32.2. The zero-order chi connectivity index (χ0) is 18.8. The van der Waals surface area contributed by atoms with E-state index >= 15 is 0 Å². The third-order valence-corrected chi connectivity index (χ3v) is 4.64. The minimum absolute atomic E-state index is 0.0561. The van der Waals surface area contributed by atoms with E-state index in [9.17, 15) is 18.0 Å². The molecule has 0 fully saturated rings. The zero-order valence-corrected chi connectivity index (χ0v) is 14.8. The number of amides is 2. The lowest BCUT2D eigenvalue weighted by atomic mass is 10.1. The van der Waals surface area contributed by atoms with Gasteiger partial charge in [-0.2, -0.15) is 8.42 Å². The Labute approximate surface area is 145 Å². The monoisotopic (exact) mass is 362 g/mol. The molecule has 0 aliphatic rings. The quantitative estimate of drug-likeness (QED) is 0.791. The lowest BCUT2D eigenvalue weighted by Gasteiger charge is -2.13. The van der Waals surface area contributed by atoms with Crippen LogP contribution in [0.3, 0.4) is 0 Å². The van der Waals surface area contributed by atoms with Crippen molar-refractivity contribution in [1.82, 2.24) is 0 Å². The Hall–Kier alpha value is -2.87. The first-order chi connectivity index (χ1) is 11.6. The minimum atomic E-state index is -4.07. The molecular formula is C17H18N2O5S. The van der Waals surface area contributed by atoms with Gasteiger partial charge in [-0.3, -0.25) is 9.59 Å². The number of benzene rings is 2. The molecule has 8 heteroatoms. The van der Waals surface area contributed by atoms with Crippen LogP contribution in [-0.2, 0) is 14.9 Å². The van der Waals surface area contributed by atoms with Crippen molar-refractivity contribution in [3.05, 3.63) is 53.1 Å². The molecule has 3 N–H and O–H groups in total. The van der Waals surface area contributed by atoms with E-state index < -0.39 is 16.0 Å². The van der Waals surface area contributed by atoms with Gasteiger partial charge in [0.25, 0.3) is 0 Å². The Morgan fingerprint density at radius 2 is 1.56 bits per heavy atom. The van der Waals surface area contributed by atoms with Crippen molar-refractivity contribution >= 4 is 27.6 Å². The van der Waals surface area contributed by atoms with E-state index in [1.807, 2.05) is 0 Å². The Bertz CT molecular complexity index is 911. The van der Waals surface area contributed by atoms with Crippen LogP contribution in [-0.4, -0.2) is 20.2 Å². The highest BCUT2D eigenvalue weighted by molar-refractivity contribution is 7.87. The van der Waals surface area contributed by atoms with Crippen molar-refractivity contribution in [3.63, 3.8) is 0 Å². The molecule has 0 spiro atoms. The molecule has 0 atom stereocenters. The highest BCUT2D eigenvalue weighted by Gasteiger charge is 2.20. The van der Waals surface area contributed by atoms with Crippen molar-refractivity contribution in [2.45, 2.75) is 25.7 Å². The molecule has 0 aromatic heterocycles. The second-order valence-corrected chi connectivity index (χ2v) is 7.09. The first-order valence-corrected chi connectivity index (χ1v) is 8.74. The predicted molar refractivity (Wildman–Crippen MR) is 93.0 cm³/mol. The Morgan fingerprint density at radius 3 is 2.00 bits per heavy atom. The summed E-state index contributed by atoms with van der Waals surface area (Å²) >= 11 is 0. The van der Waals surface area contributed by atoms with Gasteiger partial charge in [0.05, 0.1) is 0 Å². The van der Waals surface area contributed by atoms with Crippen molar-refractivity contribution in [2.24, 2.45) is 5.73 Å². The average Bonchev–Trinajstić information content (AvgIpc) is 2.50. The van der Waals surface area contributed by atoms with Crippen LogP contribution in [0.25, 0.3) is 0 Å². The Balaban J connectivity index is 2.33. The van der Waals surface area contributed by atoms with Crippen molar-refractivity contribution in [3.8, 4) is 5.75 Å². The largest absolute Gasteiger partial charge is 0.378 e. The molecule has 2 aromatic carbocycles. The second-order valence-electron chi connectivity index (χ2n) is 5.55. The van der Waals surface area contributed by atoms with Crippen molar-refractivity contribution in [1.29, 1.82) is 0 Å². The lowest BCUT2D eigenvalue weighted by Crippen LogP contribution is -2.14. The van der Waals surface area contributed by atoms with Crippen LogP contribution in [0.5, 0.6) is 5.75 Å². The summed E-state index contributed by atoms with van der Waals surface area (Å²) in [6, 6.07) is 8.55. The molecule has 0 heterocycles. The van der Waals surface area contributed by atoms with Crippen LogP contribution in [0, 0.1) is 13.8 Å². The average molecular weight is 362 g/mol. The molecule has 0 saturated heterocycles. The first kappa shape index (κ1) is 18.5. The lowest BCUT2D eigenvalue weighted by molar-refractivity contribution is -0.114. The Kier molecular flexibility index (Phi) is 5.13. The van der Waals surface area contributed by atoms with Gasteiger partial charge in [0.1, 0.15) is 10.6 Å². The summed E-state index contributed by atoms with van der Waals surface area (Å²) in [4.78, 5) is 22.2. The number of carbonyl (C=O) groups excluding carboxylic acids is 2. The molecule has 25 heavy (non-hydrogen) atoms. The van der Waals surface area contributed by atoms with Gasteiger partial charge in [0.2, 0.25) is 11.8 Å². The number of hydrogen-bond donors (Lipinski definition) is 2. The fourth-order valence-electron chi connectivity index (χ4n) is 2.29. The normalized spacial score (nSPS) is 11.0. The molecule has 0 saturated carbocycles. The van der Waals surface area contributed by atoms with E-state index in [2.05, 4.69) is 5.32 Å². The van der Waals surface area contributed by atoms with Crippen molar-refractivity contribution < 1.29 is 22.2 Å². The summed E-state index contributed by atoms with van der Waals surface area (Å²) in [5.74, 6) is -0.710. The molecule has 0 bridgehead atoms. The molecule has 0 aliphatic heterocycles. The standard InChI is InChI=1S/C17H18N2O5S/c1-10-8-13(17(18)21)9-11(2)16(10)24-25(22,23)15-6-4-14(5-7-15)19-12(3)20/h4-9H,1-3H3,(H2,18,21)(H,19,20). The number of nitrogens with one attached hydrogen (secondary N) is 1. The highest BCUT2D eigenvalue weighted by Crippen LogP contribution is 2.28. The molecule has 0 unspecified atom stereocenters. The summed E-state index contributed by atoms with van der Waals surface area (Å²) in [7, 11) is -4.07. The number of hydrogen-bond acceptors (Lipinski definition) is 5. The summed E-state index contributed by atoms with van der Waals surface area (Å²) < 4.78 is 30.2. The first-order valence-electron chi connectivity index (χ1n) is 7.33. The summed E-state index contributed by atoms with van der Waals surface area (Å²) in [5.41, 5.74) is 6.95. The fraction of sp³-hybridized carbons (Fsp3) is 0.176. The van der Waals surface area contributed by atoms with Gasteiger partial charge in [-0.15, -0.1) is 0 Å². The van der Waals surface area contributed by atoms with Gasteiger partial charge in [-0.1, -0.05) is 0 Å². The predicted octanol–water partition coefficient (Wildman–Crippen LogP) is 2.13. The number of aryl methyl sites for hydroxylation is 2. The maximum atomic E-state index is 12.5. The van der Waals surface area contributed by atoms with Gasteiger partial charge in [0, 0.05) is 18.2 Å². The van der Waals surface area contributed by atoms with Crippen molar-refractivity contribution in [2.75, 3.05) is 5.32 Å². The van der Waals surface area contributed by atoms with Crippen LogP contribution in [0.2, 0.25) is 0 Å². The van der Waals surface area contributed by atoms with Crippen LogP contribution >= 0.6 is 0 Å². The molecule has 132 valence electrons. The summed E-state index contributed by atoms with van der Waals surface area (Å²) in [6.45, 7) is 4.61. The van der Waals surface area contributed by atoms with Gasteiger partial charge in [0.15, 0.2) is 0 Å². The van der Waals surface area contributed by atoms with E-state index in [0.29, 0.717) is 16.8 Å². The second kappa shape index (κ2) is 6.94. The summed E-state index contributed by atoms with van der Waals surface area (Å²) in [6.07, 6.45) is 0. The molecule has 2 amide bonds. The van der Waals surface area contributed by atoms with Crippen LogP contribution in [0.4, 0.5) is 5.69 Å². The smallest absolute Gasteiger partial charge is 0.339 e. The zero-order valence-electron chi connectivity index (χ0n) is 14.0. The number of carbonyl (C=O) groups is 2. The molecular weight excluding hydrogens is 344 g/mol. The number of rotatable bonds is 5. The van der Waals surface area contributed by atoms with E-state index in [1.54, 1.807) is 13.8 Å². The number of nitrogens with two attached hydrogens (primary N) is 1. The van der Waals surface area contributed by atoms with E-state index in [1.165, 1.54) is 43.3 Å². The van der Waals surface area contributed by atoms with Crippen LogP contribution in [0.15, 0.2) is 41.3 Å². The molecule has 0 aliphatic carbocycles. The maximum absolute atomic E-state index is 12.5. The molecule has 0 radical (unpaired) electrons. The van der Waals surface area contributed by atoms with Gasteiger partial charge >= 0.3 is 10.1 Å². The van der Waals surface area contributed by atoms with Crippen LogP contribution < -0.4 is 15.2 Å². The topological polar surface area (TPSA) is 116 Å². The minimum Gasteiger partial charge on any atom is -0.378 e. The Morgan fingerprint density at radius 1 is 1.04 bits per heavy atom. The van der Waals surface area contributed by atoms with Crippen LogP contribution in [0.1, 0.15) is 28.4 Å². The molecule has 7 nitrogen and oxygen atoms in total. The summed E-state index contributed by atoms with van der Waals surface area (Å²) in [5, 5.41) is 2.55. The number of anilines is 1.